The largest absolute Gasteiger partial charge is 0.465 e. The standard InChI is InChI=1S/C14H18N2O2S/c1-4-18-14(17)10(7-9(2)3)13-16-11-8-15-6-5-12(11)19-13/h5-6,8-10H,4,7H2,1-3H3. The molecule has 4 nitrogen and oxygen atoms in total. The van der Waals surface area contributed by atoms with Crippen molar-refractivity contribution in [2.75, 3.05) is 6.61 Å². The summed E-state index contributed by atoms with van der Waals surface area (Å²) in [6, 6.07) is 1.92. The van der Waals surface area contributed by atoms with E-state index >= 15 is 0 Å². The van der Waals surface area contributed by atoms with E-state index in [1.807, 2.05) is 13.0 Å². The minimum absolute atomic E-state index is 0.178. The Morgan fingerprint density at radius 2 is 2.26 bits per heavy atom. The van der Waals surface area contributed by atoms with E-state index in [0.717, 1.165) is 21.6 Å². The molecule has 0 saturated heterocycles. The SMILES string of the molecule is CCOC(=O)C(CC(C)C)c1nc2cnccc2s1. The van der Waals surface area contributed by atoms with Crippen molar-refractivity contribution >= 4 is 27.5 Å². The Bertz CT molecular complexity index is 532. The second-order valence-electron chi connectivity index (χ2n) is 4.83. The Morgan fingerprint density at radius 3 is 2.89 bits per heavy atom. The number of rotatable bonds is 5. The molecule has 0 aliphatic carbocycles. The van der Waals surface area contributed by atoms with Crippen LogP contribution in [0.25, 0.3) is 10.2 Å². The Balaban J connectivity index is 2.33. The summed E-state index contributed by atoms with van der Waals surface area (Å²) in [5.41, 5.74) is 0.848. The molecule has 0 spiro atoms. The van der Waals surface area contributed by atoms with Gasteiger partial charge in [0, 0.05) is 6.20 Å². The average Bonchev–Trinajstić information content (AvgIpc) is 2.79. The van der Waals surface area contributed by atoms with Crippen molar-refractivity contribution < 1.29 is 9.53 Å². The zero-order chi connectivity index (χ0) is 13.8. The van der Waals surface area contributed by atoms with E-state index in [1.165, 1.54) is 0 Å². The number of carbonyl (C=O) groups excluding carboxylic acids is 1. The molecule has 2 aromatic rings. The average molecular weight is 278 g/mol. The molecule has 19 heavy (non-hydrogen) atoms. The first kappa shape index (κ1) is 13.9. The molecule has 1 unspecified atom stereocenters. The van der Waals surface area contributed by atoms with Crippen molar-refractivity contribution in [2.45, 2.75) is 33.1 Å². The fourth-order valence-electron chi connectivity index (χ4n) is 1.96. The van der Waals surface area contributed by atoms with Gasteiger partial charge in [-0.1, -0.05) is 13.8 Å². The van der Waals surface area contributed by atoms with Crippen LogP contribution in [0.3, 0.4) is 0 Å². The van der Waals surface area contributed by atoms with E-state index in [4.69, 9.17) is 4.74 Å². The molecule has 5 heteroatoms. The molecule has 0 aliphatic heterocycles. The fraction of sp³-hybridized carbons (Fsp3) is 0.500. The van der Waals surface area contributed by atoms with Gasteiger partial charge in [0.2, 0.25) is 0 Å². The summed E-state index contributed by atoms with van der Waals surface area (Å²) in [4.78, 5) is 20.7. The number of thiazole rings is 1. The van der Waals surface area contributed by atoms with Gasteiger partial charge >= 0.3 is 5.97 Å². The van der Waals surface area contributed by atoms with Crippen molar-refractivity contribution in [1.82, 2.24) is 9.97 Å². The topological polar surface area (TPSA) is 52.1 Å². The monoisotopic (exact) mass is 278 g/mol. The van der Waals surface area contributed by atoms with E-state index in [-0.39, 0.29) is 11.9 Å². The molecular weight excluding hydrogens is 260 g/mol. The smallest absolute Gasteiger partial charge is 0.315 e. The van der Waals surface area contributed by atoms with E-state index in [1.54, 1.807) is 23.7 Å². The highest BCUT2D eigenvalue weighted by Crippen LogP contribution is 2.31. The summed E-state index contributed by atoms with van der Waals surface area (Å²) in [6.45, 7) is 6.43. The zero-order valence-electron chi connectivity index (χ0n) is 11.4. The third kappa shape index (κ3) is 3.29. The van der Waals surface area contributed by atoms with Gasteiger partial charge in [-0.2, -0.15) is 0 Å². The van der Waals surface area contributed by atoms with Crippen LogP contribution < -0.4 is 0 Å². The van der Waals surface area contributed by atoms with Crippen LogP contribution in [-0.4, -0.2) is 22.5 Å². The van der Waals surface area contributed by atoms with Crippen molar-refractivity contribution in [2.24, 2.45) is 5.92 Å². The van der Waals surface area contributed by atoms with Crippen LogP contribution in [0.15, 0.2) is 18.5 Å². The van der Waals surface area contributed by atoms with E-state index in [9.17, 15) is 4.79 Å². The van der Waals surface area contributed by atoms with Gasteiger partial charge in [0.05, 0.1) is 23.0 Å². The van der Waals surface area contributed by atoms with Gasteiger partial charge < -0.3 is 4.74 Å². The molecule has 2 heterocycles. The molecule has 2 aromatic heterocycles. The second-order valence-corrected chi connectivity index (χ2v) is 5.89. The van der Waals surface area contributed by atoms with Gasteiger partial charge in [0.15, 0.2) is 0 Å². The first-order valence-corrected chi connectivity index (χ1v) is 7.30. The fourth-order valence-corrected chi connectivity index (χ4v) is 2.99. The lowest BCUT2D eigenvalue weighted by molar-refractivity contribution is -0.145. The van der Waals surface area contributed by atoms with Crippen molar-refractivity contribution in [3.05, 3.63) is 23.5 Å². The first-order chi connectivity index (χ1) is 9.11. The zero-order valence-corrected chi connectivity index (χ0v) is 12.2. The third-order valence-corrected chi connectivity index (χ3v) is 3.93. The Kier molecular flexibility index (Phi) is 4.47. The van der Waals surface area contributed by atoms with Gasteiger partial charge in [-0.05, 0) is 25.3 Å². The van der Waals surface area contributed by atoms with Crippen molar-refractivity contribution in [3.8, 4) is 0 Å². The van der Waals surface area contributed by atoms with Crippen LogP contribution in [0.1, 0.15) is 38.1 Å². The number of nitrogens with zero attached hydrogens (tertiary/aromatic N) is 2. The molecule has 0 N–H and O–H groups in total. The maximum absolute atomic E-state index is 12.1. The van der Waals surface area contributed by atoms with Crippen LogP contribution >= 0.6 is 11.3 Å². The second kappa shape index (κ2) is 6.10. The molecule has 1 atom stereocenters. The molecule has 102 valence electrons. The molecule has 0 aromatic carbocycles. The lowest BCUT2D eigenvalue weighted by atomic mass is 9.98. The summed E-state index contributed by atoms with van der Waals surface area (Å²) in [5.74, 6) is -0.0277. The van der Waals surface area contributed by atoms with Gasteiger partial charge in [0.1, 0.15) is 10.9 Å². The predicted molar refractivity (Wildman–Crippen MR) is 76.2 cm³/mol. The summed E-state index contributed by atoms with van der Waals surface area (Å²) in [7, 11) is 0. The number of aromatic nitrogens is 2. The highest BCUT2D eigenvalue weighted by molar-refractivity contribution is 7.18. The van der Waals surface area contributed by atoms with E-state index < -0.39 is 0 Å². The maximum Gasteiger partial charge on any atom is 0.315 e. The number of hydrogen-bond donors (Lipinski definition) is 0. The molecule has 0 radical (unpaired) electrons. The molecule has 0 aliphatic rings. The maximum atomic E-state index is 12.1. The first-order valence-electron chi connectivity index (χ1n) is 6.49. The van der Waals surface area contributed by atoms with Gasteiger partial charge in [-0.15, -0.1) is 11.3 Å². The molecule has 2 rings (SSSR count). The Hall–Kier alpha value is -1.49. The molecule has 0 amide bonds. The lowest BCUT2D eigenvalue weighted by Gasteiger charge is -2.14. The summed E-state index contributed by atoms with van der Waals surface area (Å²) in [5, 5.41) is 0.829. The lowest BCUT2D eigenvalue weighted by Crippen LogP contribution is -2.17. The normalized spacial score (nSPS) is 12.8. The number of ether oxygens (including phenoxy) is 1. The van der Waals surface area contributed by atoms with Crippen LogP contribution in [0.2, 0.25) is 0 Å². The van der Waals surface area contributed by atoms with E-state index in [0.29, 0.717) is 12.5 Å². The Morgan fingerprint density at radius 1 is 1.47 bits per heavy atom. The number of pyridine rings is 1. The van der Waals surface area contributed by atoms with Crippen LogP contribution in [0.4, 0.5) is 0 Å². The van der Waals surface area contributed by atoms with Crippen LogP contribution in [-0.2, 0) is 9.53 Å². The number of fused-ring (bicyclic) bond motifs is 1. The number of esters is 1. The van der Waals surface area contributed by atoms with E-state index in [2.05, 4.69) is 23.8 Å². The summed E-state index contributed by atoms with van der Waals surface area (Å²) < 4.78 is 6.23. The van der Waals surface area contributed by atoms with Gasteiger partial charge in [0.25, 0.3) is 0 Å². The predicted octanol–water partition coefficient (Wildman–Crippen LogP) is 3.38. The molecule has 0 saturated carbocycles. The van der Waals surface area contributed by atoms with Crippen molar-refractivity contribution in [3.63, 3.8) is 0 Å². The minimum atomic E-state index is -0.266. The van der Waals surface area contributed by atoms with Gasteiger partial charge in [-0.3, -0.25) is 9.78 Å². The van der Waals surface area contributed by atoms with Gasteiger partial charge in [-0.25, -0.2) is 4.98 Å². The Labute approximate surface area is 116 Å². The highest BCUT2D eigenvalue weighted by Gasteiger charge is 2.26. The highest BCUT2D eigenvalue weighted by atomic mass is 32.1. The quantitative estimate of drug-likeness (QED) is 0.787. The number of hydrogen-bond acceptors (Lipinski definition) is 5. The number of carbonyl (C=O) groups is 1. The molecule has 0 bridgehead atoms. The van der Waals surface area contributed by atoms with Crippen LogP contribution in [0.5, 0.6) is 0 Å². The summed E-state index contributed by atoms with van der Waals surface area (Å²) >= 11 is 1.55. The van der Waals surface area contributed by atoms with Crippen molar-refractivity contribution in [1.29, 1.82) is 0 Å². The minimum Gasteiger partial charge on any atom is -0.465 e. The molecular formula is C14H18N2O2S. The third-order valence-electron chi connectivity index (χ3n) is 2.78. The van der Waals surface area contributed by atoms with Crippen LogP contribution in [0, 0.1) is 5.92 Å². The molecule has 0 fully saturated rings. The summed E-state index contributed by atoms with van der Waals surface area (Å²) in [6.07, 6.45) is 4.23.